The summed E-state index contributed by atoms with van der Waals surface area (Å²) in [5.74, 6) is 2.05. The summed E-state index contributed by atoms with van der Waals surface area (Å²) in [5, 5.41) is 4.27. The number of aryl methyl sites for hydroxylation is 3. The molecule has 3 heterocycles. The van der Waals surface area contributed by atoms with Gasteiger partial charge in [0.25, 0.3) is 0 Å². The first kappa shape index (κ1) is 12.1. The molecule has 0 fully saturated rings. The summed E-state index contributed by atoms with van der Waals surface area (Å²) in [7, 11) is 1.86. The van der Waals surface area contributed by atoms with E-state index in [-0.39, 0.29) is 0 Å². The van der Waals surface area contributed by atoms with E-state index in [1.54, 1.807) is 23.4 Å². The molecule has 3 rings (SSSR count). The van der Waals surface area contributed by atoms with Crippen molar-refractivity contribution in [3.8, 4) is 0 Å². The van der Waals surface area contributed by atoms with Gasteiger partial charge in [0.05, 0.1) is 17.6 Å². The Morgan fingerprint density at radius 3 is 3.00 bits per heavy atom. The summed E-state index contributed by atoms with van der Waals surface area (Å²) >= 11 is 5.95. The molecule has 3 aromatic rings. The van der Waals surface area contributed by atoms with Crippen LogP contribution in [0.1, 0.15) is 11.6 Å². The number of hydrogen-bond donors (Lipinski definition) is 0. The lowest BCUT2D eigenvalue weighted by atomic mass is 10.3. The number of imidazole rings is 1. The number of pyridine rings is 1. The minimum Gasteiger partial charge on any atom is -0.326 e. The molecule has 0 aliphatic carbocycles. The van der Waals surface area contributed by atoms with Crippen LogP contribution in [0, 0.1) is 0 Å². The van der Waals surface area contributed by atoms with Crippen molar-refractivity contribution in [1.82, 2.24) is 29.3 Å². The van der Waals surface area contributed by atoms with Crippen molar-refractivity contribution in [2.45, 2.75) is 18.8 Å². The largest absolute Gasteiger partial charge is 0.326 e. The maximum atomic E-state index is 5.95. The second-order valence-corrected chi connectivity index (χ2v) is 4.53. The van der Waals surface area contributed by atoms with Gasteiger partial charge < -0.3 is 4.57 Å². The molecule has 0 bridgehead atoms. The number of nitrogens with zero attached hydrogens (tertiary/aromatic N) is 6. The Kier molecular flexibility index (Phi) is 3.16. The standard InChI is InChI=1S/C12H13ClN6/c1-18-8-15-11(17-18)3-5-19-10-2-4-14-7-9(10)16-12(19)6-13/h2,4,7-8H,3,5-6H2,1H3. The van der Waals surface area contributed by atoms with Crippen LogP contribution in [0.15, 0.2) is 24.8 Å². The van der Waals surface area contributed by atoms with Gasteiger partial charge in [0.1, 0.15) is 17.7 Å². The zero-order valence-electron chi connectivity index (χ0n) is 10.5. The zero-order valence-corrected chi connectivity index (χ0v) is 11.2. The first-order chi connectivity index (χ1) is 9.28. The van der Waals surface area contributed by atoms with Gasteiger partial charge in [-0.05, 0) is 6.07 Å². The van der Waals surface area contributed by atoms with Crippen LogP contribution in [0.5, 0.6) is 0 Å². The van der Waals surface area contributed by atoms with Gasteiger partial charge in [-0.3, -0.25) is 9.67 Å². The van der Waals surface area contributed by atoms with Crippen molar-refractivity contribution in [2.75, 3.05) is 0 Å². The monoisotopic (exact) mass is 276 g/mol. The van der Waals surface area contributed by atoms with Gasteiger partial charge >= 0.3 is 0 Å². The third-order valence-corrected chi connectivity index (χ3v) is 3.19. The molecule has 0 aromatic carbocycles. The molecule has 0 unspecified atom stereocenters. The highest BCUT2D eigenvalue weighted by molar-refractivity contribution is 6.16. The molecule has 6 nitrogen and oxygen atoms in total. The quantitative estimate of drug-likeness (QED) is 0.678. The van der Waals surface area contributed by atoms with Crippen molar-refractivity contribution < 1.29 is 0 Å². The van der Waals surface area contributed by atoms with E-state index in [1.165, 1.54) is 0 Å². The molecular weight excluding hydrogens is 264 g/mol. The Morgan fingerprint density at radius 2 is 2.26 bits per heavy atom. The van der Waals surface area contributed by atoms with Crippen LogP contribution >= 0.6 is 11.6 Å². The van der Waals surface area contributed by atoms with Crippen molar-refractivity contribution >= 4 is 22.6 Å². The number of hydrogen-bond acceptors (Lipinski definition) is 4. The molecule has 0 aliphatic rings. The highest BCUT2D eigenvalue weighted by Gasteiger charge is 2.10. The number of halogens is 1. The molecule has 0 saturated heterocycles. The minimum absolute atomic E-state index is 0.379. The molecule has 0 N–H and O–H groups in total. The average Bonchev–Trinajstić information content (AvgIpc) is 2.99. The van der Waals surface area contributed by atoms with Crippen molar-refractivity contribution in [3.63, 3.8) is 0 Å². The van der Waals surface area contributed by atoms with Gasteiger partial charge in [-0.2, -0.15) is 5.10 Å². The highest BCUT2D eigenvalue weighted by atomic mass is 35.5. The lowest BCUT2D eigenvalue weighted by Crippen LogP contribution is -2.06. The third kappa shape index (κ3) is 2.31. The fourth-order valence-corrected chi connectivity index (χ4v) is 2.30. The van der Waals surface area contributed by atoms with E-state index in [0.717, 1.165) is 35.6 Å². The van der Waals surface area contributed by atoms with Crippen molar-refractivity contribution in [2.24, 2.45) is 7.05 Å². The summed E-state index contributed by atoms with van der Waals surface area (Å²) in [5.41, 5.74) is 1.91. The van der Waals surface area contributed by atoms with Gasteiger partial charge in [0, 0.05) is 26.2 Å². The molecular formula is C12H13ClN6. The van der Waals surface area contributed by atoms with Gasteiger partial charge in [0.15, 0.2) is 5.82 Å². The topological polar surface area (TPSA) is 61.4 Å². The lowest BCUT2D eigenvalue weighted by Gasteiger charge is -2.05. The molecule has 0 radical (unpaired) electrons. The van der Waals surface area contributed by atoms with E-state index in [0.29, 0.717) is 5.88 Å². The van der Waals surface area contributed by atoms with E-state index in [1.807, 2.05) is 13.1 Å². The molecule has 98 valence electrons. The Morgan fingerprint density at radius 1 is 1.37 bits per heavy atom. The van der Waals surface area contributed by atoms with E-state index < -0.39 is 0 Å². The molecule has 0 spiro atoms. The number of fused-ring (bicyclic) bond motifs is 1. The summed E-state index contributed by atoms with van der Waals surface area (Å²) in [6, 6.07) is 1.95. The SMILES string of the molecule is Cn1cnc(CCn2c(CCl)nc3cnccc32)n1. The molecule has 19 heavy (non-hydrogen) atoms. The number of rotatable bonds is 4. The highest BCUT2D eigenvalue weighted by Crippen LogP contribution is 2.16. The summed E-state index contributed by atoms with van der Waals surface area (Å²) in [6.07, 6.45) is 5.96. The number of alkyl halides is 1. The molecule has 0 aliphatic heterocycles. The van der Waals surface area contributed by atoms with Crippen LogP contribution in [-0.4, -0.2) is 29.3 Å². The smallest absolute Gasteiger partial charge is 0.152 e. The Labute approximate surface area is 115 Å². The Hall–Kier alpha value is -1.95. The molecule has 0 atom stereocenters. The third-order valence-electron chi connectivity index (χ3n) is 2.96. The van der Waals surface area contributed by atoms with E-state index in [9.17, 15) is 0 Å². The normalized spacial score (nSPS) is 11.3. The summed E-state index contributed by atoms with van der Waals surface area (Å²) in [6.45, 7) is 0.757. The van der Waals surface area contributed by atoms with Crippen molar-refractivity contribution in [3.05, 3.63) is 36.4 Å². The van der Waals surface area contributed by atoms with E-state index in [2.05, 4.69) is 24.6 Å². The van der Waals surface area contributed by atoms with Gasteiger partial charge in [-0.25, -0.2) is 9.97 Å². The molecule has 3 aromatic heterocycles. The second kappa shape index (κ2) is 4.97. The Bertz CT molecular complexity index is 701. The first-order valence-corrected chi connectivity index (χ1v) is 6.51. The Balaban J connectivity index is 1.90. The van der Waals surface area contributed by atoms with Gasteiger partial charge in [-0.15, -0.1) is 11.6 Å². The average molecular weight is 277 g/mol. The van der Waals surface area contributed by atoms with Gasteiger partial charge in [-0.1, -0.05) is 0 Å². The van der Waals surface area contributed by atoms with Crippen LogP contribution in [0.25, 0.3) is 11.0 Å². The summed E-state index contributed by atoms with van der Waals surface area (Å²) < 4.78 is 3.80. The van der Waals surface area contributed by atoms with Crippen LogP contribution in [0.4, 0.5) is 0 Å². The predicted octanol–water partition coefficient (Wildman–Crippen LogP) is 1.54. The van der Waals surface area contributed by atoms with Gasteiger partial charge in [0.2, 0.25) is 0 Å². The molecule has 0 saturated carbocycles. The molecule has 7 heteroatoms. The van der Waals surface area contributed by atoms with Crippen LogP contribution in [-0.2, 0) is 25.9 Å². The van der Waals surface area contributed by atoms with Crippen LogP contribution < -0.4 is 0 Å². The number of aromatic nitrogens is 6. The van der Waals surface area contributed by atoms with Crippen LogP contribution in [0.2, 0.25) is 0 Å². The van der Waals surface area contributed by atoms with Crippen LogP contribution in [0.3, 0.4) is 0 Å². The maximum Gasteiger partial charge on any atom is 0.152 e. The van der Waals surface area contributed by atoms with E-state index >= 15 is 0 Å². The predicted molar refractivity (Wildman–Crippen MR) is 71.8 cm³/mol. The molecule has 0 amide bonds. The minimum atomic E-state index is 0.379. The zero-order chi connectivity index (χ0) is 13.2. The fourth-order valence-electron chi connectivity index (χ4n) is 2.09. The second-order valence-electron chi connectivity index (χ2n) is 4.26. The maximum absolute atomic E-state index is 5.95. The van der Waals surface area contributed by atoms with E-state index in [4.69, 9.17) is 11.6 Å². The summed E-state index contributed by atoms with van der Waals surface area (Å²) in [4.78, 5) is 12.8. The first-order valence-electron chi connectivity index (χ1n) is 5.97. The van der Waals surface area contributed by atoms with Crippen molar-refractivity contribution in [1.29, 1.82) is 0 Å². The fraction of sp³-hybridized carbons (Fsp3) is 0.333. The lowest BCUT2D eigenvalue weighted by molar-refractivity contribution is 0.654.